The van der Waals surface area contributed by atoms with Gasteiger partial charge in [-0.15, -0.1) is 11.3 Å². The van der Waals surface area contributed by atoms with Gasteiger partial charge in [-0.3, -0.25) is 4.99 Å². The lowest BCUT2D eigenvalue weighted by molar-refractivity contribution is -0.140. The first kappa shape index (κ1) is 22.3. The van der Waals surface area contributed by atoms with Crippen LogP contribution in [0.1, 0.15) is 36.0 Å². The summed E-state index contributed by atoms with van der Waals surface area (Å²) in [7, 11) is 0. The molecule has 0 unspecified atom stereocenters. The van der Waals surface area contributed by atoms with Gasteiger partial charge in [-0.1, -0.05) is 6.07 Å². The summed E-state index contributed by atoms with van der Waals surface area (Å²) in [6.07, 6.45) is -0.204. The van der Waals surface area contributed by atoms with Crippen LogP contribution in [0.5, 0.6) is 0 Å². The lowest BCUT2D eigenvalue weighted by Gasteiger charge is -2.33. The number of hydrogen-bond acceptors (Lipinski definition) is 5. The molecule has 0 saturated carbocycles. The second kappa shape index (κ2) is 10.1. The maximum Gasteiger partial charge on any atom is 0.434 e. The van der Waals surface area contributed by atoms with Crippen LogP contribution in [0, 0.1) is 6.92 Å². The molecule has 0 aromatic carbocycles. The van der Waals surface area contributed by atoms with E-state index in [2.05, 4.69) is 42.6 Å². The summed E-state index contributed by atoms with van der Waals surface area (Å²) in [6.45, 7) is 6.93. The summed E-state index contributed by atoms with van der Waals surface area (Å²) in [4.78, 5) is 14.9. The maximum absolute atomic E-state index is 12.7. The Labute approximate surface area is 178 Å². The number of aryl methyl sites for hydroxylation is 1. The molecule has 1 fully saturated rings. The summed E-state index contributed by atoms with van der Waals surface area (Å²) in [5.74, 6) is 1.69. The highest BCUT2D eigenvalue weighted by molar-refractivity contribution is 7.09. The number of nitrogens with one attached hydrogen (secondary N) is 2. The number of halogens is 3. The molecule has 164 valence electrons. The lowest BCUT2D eigenvalue weighted by Crippen LogP contribution is -2.49. The molecule has 3 heterocycles. The molecule has 0 aliphatic carbocycles. The fourth-order valence-corrected chi connectivity index (χ4v) is 4.03. The van der Waals surface area contributed by atoms with Crippen LogP contribution in [-0.2, 0) is 12.6 Å². The summed E-state index contributed by atoms with van der Waals surface area (Å²) in [5, 5.41) is 8.16. The quantitative estimate of drug-likeness (QED) is 0.531. The van der Waals surface area contributed by atoms with Crippen molar-refractivity contribution in [3.63, 3.8) is 0 Å². The minimum Gasteiger partial charge on any atom is -0.357 e. The second-order valence-electron chi connectivity index (χ2n) is 7.23. The molecule has 0 amide bonds. The van der Waals surface area contributed by atoms with Crippen molar-refractivity contribution in [2.24, 2.45) is 4.99 Å². The summed E-state index contributed by atoms with van der Waals surface area (Å²) < 4.78 is 38.0. The average molecular weight is 441 g/mol. The van der Waals surface area contributed by atoms with Crippen molar-refractivity contribution < 1.29 is 13.2 Å². The Morgan fingerprint density at radius 2 is 2.07 bits per heavy atom. The van der Waals surface area contributed by atoms with Gasteiger partial charge in [-0.2, -0.15) is 13.2 Å². The predicted octanol–water partition coefficient (Wildman–Crippen LogP) is 3.63. The highest BCUT2D eigenvalue weighted by Crippen LogP contribution is 2.30. The summed E-state index contributed by atoms with van der Waals surface area (Å²) in [6, 6.07) is 4.42. The molecule has 2 N–H and O–H groups in total. The van der Waals surface area contributed by atoms with Crippen molar-refractivity contribution in [2.75, 3.05) is 31.1 Å². The van der Waals surface area contributed by atoms with Crippen molar-refractivity contribution in [3.05, 3.63) is 40.0 Å². The van der Waals surface area contributed by atoms with Gasteiger partial charge in [0.25, 0.3) is 0 Å². The van der Waals surface area contributed by atoms with Crippen molar-refractivity contribution in [1.29, 1.82) is 0 Å². The Hall–Kier alpha value is -2.36. The summed E-state index contributed by atoms with van der Waals surface area (Å²) in [5.41, 5.74) is 0.320. The number of piperidine rings is 1. The molecule has 1 aliphatic heterocycles. The van der Waals surface area contributed by atoms with E-state index in [1.807, 2.05) is 20.0 Å². The van der Waals surface area contributed by atoms with E-state index < -0.39 is 11.9 Å². The number of aliphatic imine (C=N–C) groups is 1. The Bertz CT molecular complexity index is 826. The highest BCUT2D eigenvalue weighted by Gasteiger charge is 2.33. The molecule has 1 saturated heterocycles. The van der Waals surface area contributed by atoms with E-state index in [0.717, 1.165) is 54.0 Å². The van der Waals surface area contributed by atoms with E-state index in [1.165, 1.54) is 0 Å². The predicted molar refractivity (Wildman–Crippen MR) is 114 cm³/mol. The minimum atomic E-state index is -4.39. The average Bonchev–Trinajstić information content (AvgIpc) is 3.19. The lowest BCUT2D eigenvalue weighted by atomic mass is 10.1. The van der Waals surface area contributed by atoms with Gasteiger partial charge in [0, 0.05) is 50.2 Å². The molecular formula is C20H27F3N6S. The normalized spacial score (nSPS) is 16.0. The van der Waals surface area contributed by atoms with Crippen LogP contribution in [0.3, 0.4) is 0 Å². The van der Waals surface area contributed by atoms with Crippen molar-refractivity contribution >= 4 is 23.1 Å². The van der Waals surface area contributed by atoms with E-state index in [-0.39, 0.29) is 0 Å². The minimum absolute atomic E-state index is 0.293. The molecular weight excluding hydrogens is 413 g/mol. The molecule has 1 aliphatic rings. The van der Waals surface area contributed by atoms with E-state index in [9.17, 15) is 13.2 Å². The molecule has 0 atom stereocenters. The molecule has 30 heavy (non-hydrogen) atoms. The topological polar surface area (TPSA) is 65.4 Å². The first-order valence-electron chi connectivity index (χ1n) is 10.1. The molecule has 2 aromatic heterocycles. The molecule has 0 radical (unpaired) electrons. The molecule has 0 spiro atoms. The Balaban J connectivity index is 1.49. The smallest absolute Gasteiger partial charge is 0.357 e. The molecule has 10 heteroatoms. The standard InChI is InChI=1S/C20H27F3N6S/c1-3-24-19(25-9-6-18-28-16(13-30-18)20(21,22)23)27-15-7-10-29(11-8-15)17-5-4-14(2)12-26-17/h4-5,12-13,15H,3,6-11H2,1-2H3,(H2,24,25,27). The van der Waals surface area contributed by atoms with Crippen molar-refractivity contribution in [2.45, 2.75) is 45.3 Å². The number of aromatic nitrogens is 2. The second-order valence-corrected chi connectivity index (χ2v) is 8.18. The van der Waals surface area contributed by atoms with Crippen LogP contribution < -0.4 is 15.5 Å². The van der Waals surface area contributed by atoms with E-state index >= 15 is 0 Å². The first-order chi connectivity index (χ1) is 14.3. The third-order valence-corrected chi connectivity index (χ3v) is 5.75. The zero-order chi connectivity index (χ0) is 21.6. The number of guanidine groups is 1. The van der Waals surface area contributed by atoms with Gasteiger partial charge in [0.15, 0.2) is 11.7 Å². The van der Waals surface area contributed by atoms with Gasteiger partial charge < -0.3 is 15.5 Å². The molecule has 6 nitrogen and oxygen atoms in total. The molecule has 3 rings (SSSR count). The van der Waals surface area contributed by atoms with E-state index in [1.54, 1.807) is 0 Å². The van der Waals surface area contributed by atoms with Gasteiger partial charge in [0.2, 0.25) is 0 Å². The SMILES string of the molecule is CCNC(=NCCc1nc(C(F)(F)F)cs1)NC1CCN(c2ccc(C)cn2)CC1. The van der Waals surface area contributed by atoms with Gasteiger partial charge in [0.1, 0.15) is 5.82 Å². The van der Waals surface area contributed by atoms with Crippen LogP contribution in [0.4, 0.5) is 19.0 Å². The van der Waals surface area contributed by atoms with Gasteiger partial charge in [-0.25, -0.2) is 9.97 Å². The summed E-state index contributed by atoms with van der Waals surface area (Å²) >= 11 is 1.02. The number of anilines is 1. The number of nitrogens with zero attached hydrogens (tertiary/aromatic N) is 4. The third-order valence-electron chi connectivity index (χ3n) is 4.84. The third kappa shape index (κ3) is 6.32. The number of rotatable bonds is 6. The number of hydrogen-bond donors (Lipinski definition) is 2. The largest absolute Gasteiger partial charge is 0.434 e. The van der Waals surface area contributed by atoms with Crippen LogP contribution in [0.25, 0.3) is 0 Å². The number of thiazole rings is 1. The van der Waals surface area contributed by atoms with Crippen LogP contribution in [0.2, 0.25) is 0 Å². The van der Waals surface area contributed by atoms with Crippen LogP contribution >= 0.6 is 11.3 Å². The molecule has 0 bridgehead atoms. The monoisotopic (exact) mass is 440 g/mol. The van der Waals surface area contributed by atoms with Gasteiger partial charge in [0.05, 0.1) is 5.01 Å². The van der Waals surface area contributed by atoms with Crippen LogP contribution in [0.15, 0.2) is 28.7 Å². The fourth-order valence-electron chi connectivity index (χ4n) is 3.23. The number of alkyl halides is 3. The maximum atomic E-state index is 12.7. The van der Waals surface area contributed by atoms with Gasteiger partial charge in [-0.05, 0) is 38.3 Å². The Morgan fingerprint density at radius 1 is 1.30 bits per heavy atom. The Morgan fingerprint density at radius 3 is 2.67 bits per heavy atom. The zero-order valence-electron chi connectivity index (χ0n) is 17.2. The Kier molecular flexibility index (Phi) is 7.52. The van der Waals surface area contributed by atoms with E-state index in [0.29, 0.717) is 36.5 Å². The van der Waals surface area contributed by atoms with Crippen molar-refractivity contribution in [3.8, 4) is 0 Å². The number of pyridine rings is 1. The highest BCUT2D eigenvalue weighted by atomic mass is 32.1. The fraction of sp³-hybridized carbons (Fsp3) is 0.550. The first-order valence-corrected chi connectivity index (χ1v) is 11.0. The molecule has 2 aromatic rings. The zero-order valence-corrected chi connectivity index (χ0v) is 18.0. The van der Waals surface area contributed by atoms with Crippen LogP contribution in [-0.4, -0.2) is 48.1 Å². The van der Waals surface area contributed by atoms with Crippen molar-refractivity contribution in [1.82, 2.24) is 20.6 Å². The van der Waals surface area contributed by atoms with E-state index in [4.69, 9.17) is 0 Å². The van der Waals surface area contributed by atoms with Gasteiger partial charge >= 0.3 is 6.18 Å².